The number of halogens is 5. The lowest BCUT2D eigenvalue weighted by atomic mass is 10.3. The second kappa shape index (κ2) is 24.5. The van der Waals surface area contributed by atoms with Crippen molar-refractivity contribution < 1.29 is 57.0 Å². The number of nitrogens with two attached hydrogens (primary N) is 3. The summed E-state index contributed by atoms with van der Waals surface area (Å²) in [5, 5.41) is 7.31. The third kappa shape index (κ3) is 14.8. The summed E-state index contributed by atoms with van der Waals surface area (Å²) in [6, 6.07) is 16.4. The van der Waals surface area contributed by atoms with Crippen molar-refractivity contribution in [2.45, 2.75) is 14.7 Å². The number of ether oxygens (including phenoxy) is 3. The van der Waals surface area contributed by atoms with Crippen molar-refractivity contribution in [3.63, 3.8) is 0 Å². The molecule has 33 heteroatoms. The molecular formula is C39H39ClF4N12O13S3. The van der Waals surface area contributed by atoms with Crippen LogP contribution in [0.5, 0.6) is 17.2 Å². The van der Waals surface area contributed by atoms with Gasteiger partial charge in [-0.3, -0.25) is 19.5 Å². The van der Waals surface area contributed by atoms with Gasteiger partial charge in [0.1, 0.15) is 28.9 Å². The molecule has 25 nitrogen and oxygen atoms in total. The number of nitrogen functional groups attached to an aromatic ring is 3. The average Bonchev–Trinajstić information content (AvgIpc) is 3.35. The summed E-state index contributed by atoms with van der Waals surface area (Å²) >= 11 is 0. The SMILES string of the molecule is COc1ccc(S(=O)(=O)Cl)cc1.COc1ccc(S(=O)(=O)n2cc(F)c(=N)n(C)c2=O)cc1.COc1ccc(S(=O)(=O)n2cc(F)c(N)nc2=O)cc1.Cn1c(N)c(F)cnc1=O.Nc1[nH]c(=O)ncc1F. The number of hydrogen-bond acceptors (Lipinski definition) is 20. The van der Waals surface area contributed by atoms with Crippen molar-refractivity contribution in [1.29, 1.82) is 5.41 Å². The Labute approximate surface area is 408 Å². The molecule has 7 rings (SSSR count). The van der Waals surface area contributed by atoms with E-state index in [1.54, 1.807) is 0 Å². The van der Waals surface area contributed by atoms with Gasteiger partial charge in [0.15, 0.2) is 34.6 Å². The van der Waals surface area contributed by atoms with Crippen LogP contribution in [0.4, 0.5) is 35.0 Å². The van der Waals surface area contributed by atoms with Crippen LogP contribution in [0, 0.1) is 28.7 Å². The molecule has 0 fully saturated rings. The normalized spacial score (nSPS) is 10.9. The van der Waals surface area contributed by atoms with Crippen molar-refractivity contribution in [1.82, 2.24) is 37.0 Å². The van der Waals surface area contributed by atoms with Gasteiger partial charge in [-0.15, -0.1) is 0 Å². The number of aromatic nitrogens is 8. The number of nitrogens with one attached hydrogen (secondary N) is 2. The molecule has 0 amide bonds. The number of methoxy groups -OCH3 is 3. The van der Waals surface area contributed by atoms with E-state index in [4.69, 9.17) is 47.5 Å². The third-order valence-electron chi connectivity index (χ3n) is 8.70. The van der Waals surface area contributed by atoms with Gasteiger partial charge < -0.3 is 31.4 Å². The smallest absolute Gasteiger partial charge is 0.363 e. The van der Waals surface area contributed by atoms with Gasteiger partial charge in [0.05, 0.1) is 60.8 Å². The first-order valence-corrected chi connectivity index (χ1v) is 24.1. The third-order valence-corrected chi connectivity index (χ3v) is 13.4. The molecule has 7 aromatic rings. The van der Waals surface area contributed by atoms with Gasteiger partial charge in [0, 0.05) is 24.8 Å². The molecule has 8 N–H and O–H groups in total. The van der Waals surface area contributed by atoms with Gasteiger partial charge in [0.25, 0.3) is 29.1 Å². The topological polar surface area (TPSA) is 374 Å². The van der Waals surface area contributed by atoms with Crippen molar-refractivity contribution in [2.24, 2.45) is 14.1 Å². The number of benzene rings is 3. The van der Waals surface area contributed by atoms with Gasteiger partial charge in [-0.25, -0.2) is 62.0 Å². The highest BCUT2D eigenvalue weighted by Crippen LogP contribution is 2.20. The summed E-state index contributed by atoms with van der Waals surface area (Å²) in [7, 11) is -0.192. The molecule has 0 aliphatic carbocycles. The number of H-pyrrole nitrogens is 1. The maximum Gasteiger partial charge on any atom is 0.363 e. The zero-order valence-electron chi connectivity index (χ0n) is 37.5. The molecule has 0 unspecified atom stereocenters. The Hall–Kier alpha value is -8.36. The number of hydrogen-bond donors (Lipinski definition) is 5. The lowest BCUT2D eigenvalue weighted by Gasteiger charge is -2.10. The molecule has 0 bridgehead atoms. The van der Waals surface area contributed by atoms with Gasteiger partial charge in [0.2, 0.25) is 0 Å². The predicted molar refractivity (Wildman–Crippen MR) is 249 cm³/mol. The Balaban J connectivity index is 0.000000248. The fraction of sp³-hybridized carbons (Fsp3) is 0.128. The van der Waals surface area contributed by atoms with E-state index < -0.39 is 86.4 Å². The van der Waals surface area contributed by atoms with Crippen molar-refractivity contribution in [3.05, 3.63) is 168 Å². The minimum atomic E-state index is -4.25. The highest BCUT2D eigenvalue weighted by Gasteiger charge is 2.22. The first kappa shape index (κ1) is 58.0. The summed E-state index contributed by atoms with van der Waals surface area (Å²) in [6.07, 6.45) is 2.56. The molecule has 0 spiro atoms. The van der Waals surface area contributed by atoms with Crippen LogP contribution in [0.2, 0.25) is 0 Å². The molecule has 72 heavy (non-hydrogen) atoms. The Morgan fingerprint density at radius 3 is 1.40 bits per heavy atom. The maximum absolute atomic E-state index is 13.5. The molecule has 0 atom stereocenters. The lowest BCUT2D eigenvalue weighted by Crippen LogP contribution is -2.41. The number of anilines is 3. The second-order valence-corrected chi connectivity index (χ2v) is 19.5. The fourth-order valence-corrected chi connectivity index (χ4v) is 8.00. The van der Waals surface area contributed by atoms with Crippen LogP contribution in [0.1, 0.15) is 0 Å². The van der Waals surface area contributed by atoms with E-state index in [1.165, 1.54) is 101 Å². The van der Waals surface area contributed by atoms with E-state index in [1.807, 2.05) is 4.98 Å². The summed E-state index contributed by atoms with van der Waals surface area (Å²) < 4.78 is 139. The van der Waals surface area contributed by atoms with Crippen LogP contribution >= 0.6 is 10.7 Å². The van der Waals surface area contributed by atoms with E-state index in [0.717, 1.165) is 24.0 Å². The Morgan fingerprint density at radius 2 is 1.00 bits per heavy atom. The standard InChI is InChI=1S/C12H12FN3O4S.C11H10FN3O4S.C7H7ClO3S.C5H6FN3O.C4H4FN3O/c1-15-11(14)10(13)7-16(12(15)17)21(18,19)9-5-3-8(20-2)4-6-9;1-19-7-2-4-8(5-3-7)20(17,18)15-6-9(12)10(13)14-11(15)16;1-11-6-2-4-7(5-3-6)12(8,9)10;1-9-4(7)3(6)2-8-5(9)10;5-2-1-7-4(9)8-3(2)6/h3-7,14H,1-2H3;2-6H,1H3,(H2,13,14,16);2-5H,1H3;2H,7H2,1H3;1H,(H3,6,7,8,9). The lowest BCUT2D eigenvalue weighted by molar-refractivity contribution is 0.414. The summed E-state index contributed by atoms with van der Waals surface area (Å²) in [4.78, 5) is 55.3. The molecular weight excluding hydrogens is 1050 g/mol. The van der Waals surface area contributed by atoms with Gasteiger partial charge >= 0.3 is 22.8 Å². The molecule has 0 saturated heterocycles. The van der Waals surface area contributed by atoms with E-state index in [0.29, 0.717) is 34.2 Å². The number of rotatable bonds is 8. The largest absolute Gasteiger partial charge is 0.497 e. The van der Waals surface area contributed by atoms with Crippen molar-refractivity contribution in [2.75, 3.05) is 38.5 Å². The summed E-state index contributed by atoms with van der Waals surface area (Å²) in [5.41, 5.74) is 11.1. The van der Waals surface area contributed by atoms with Crippen LogP contribution in [0.15, 0.2) is 131 Å². The number of aromatic amines is 1. The summed E-state index contributed by atoms with van der Waals surface area (Å²) in [5.74, 6) is -3.25. The predicted octanol–water partition coefficient (Wildman–Crippen LogP) is 0.877. The highest BCUT2D eigenvalue weighted by atomic mass is 35.7. The molecule has 0 radical (unpaired) electrons. The minimum Gasteiger partial charge on any atom is -0.497 e. The van der Waals surface area contributed by atoms with Crippen LogP contribution in [0.3, 0.4) is 0 Å². The molecule has 0 aliphatic heterocycles. The van der Waals surface area contributed by atoms with Crippen molar-refractivity contribution >= 4 is 57.2 Å². The van der Waals surface area contributed by atoms with Crippen molar-refractivity contribution in [3.8, 4) is 17.2 Å². The molecule has 3 aromatic carbocycles. The number of nitrogens with zero attached hydrogens (tertiary/aromatic N) is 7. The Morgan fingerprint density at radius 1 is 0.583 bits per heavy atom. The summed E-state index contributed by atoms with van der Waals surface area (Å²) in [6.45, 7) is 0. The highest BCUT2D eigenvalue weighted by molar-refractivity contribution is 8.13. The van der Waals surface area contributed by atoms with E-state index in [-0.39, 0.29) is 34.3 Å². The maximum atomic E-state index is 13.5. The fourth-order valence-electron chi connectivity index (χ4n) is 4.78. The minimum absolute atomic E-state index is 0.0740. The molecule has 4 aromatic heterocycles. The Kier molecular flexibility index (Phi) is 19.7. The van der Waals surface area contributed by atoms with E-state index in [2.05, 4.69) is 15.0 Å². The first-order chi connectivity index (χ1) is 33.5. The molecule has 0 saturated carbocycles. The van der Waals surface area contributed by atoms with Gasteiger partial charge in [-0.2, -0.15) is 22.9 Å². The van der Waals surface area contributed by atoms with E-state index >= 15 is 0 Å². The van der Waals surface area contributed by atoms with Gasteiger partial charge in [-0.05, 0) is 72.8 Å². The zero-order chi connectivity index (χ0) is 54.5. The van der Waals surface area contributed by atoms with Crippen LogP contribution in [0.25, 0.3) is 0 Å². The van der Waals surface area contributed by atoms with E-state index in [9.17, 15) is 62.0 Å². The molecule has 0 aliphatic rings. The Bertz CT molecular complexity index is 3710. The monoisotopic (exact) mass is 1090 g/mol. The average molecular weight is 1090 g/mol. The second-order valence-electron chi connectivity index (χ2n) is 13.3. The quantitative estimate of drug-likeness (QED) is 0.104. The first-order valence-electron chi connectivity index (χ1n) is 18.9. The van der Waals surface area contributed by atoms with Crippen LogP contribution < -0.4 is 59.7 Å². The van der Waals surface area contributed by atoms with Gasteiger partial charge in [-0.1, -0.05) is 0 Å². The van der Waals surface area contributed by atoms with Crippen LogP contribution in [-0.2, 0) is 43.2 Å². The molecule has 386 valence electrons. The van der Waals surface area contributed by atoms with Crippen LogP contribution in [-0.4, -0.2) is 83.6 Å². The zero-order valence-corrected chi connectivity index (χ0v) is 40.7. The molecule has 4 heterocycles.